The van der Waals surface area contributed by atoms with E-state index in [1.807, 2.05) is 30.3 Å². The molecule has 0 aliphatic heterocycles. The summed E-state index contributed by atoms with van der Waals surface area (Å²) in [5.74, 6) is 0.0818. The van der Waals surface area contributed by atoms with E-state index in [1.165, 1.54) is 38.9 Å². The third-order valence-corrected chi connectivity index (χ3v) is 5.53. The van der Waals surface area contributed by atoms with E-state index in [-0.39, 0.29) is 5.92 Å². The van der Waals surface area contributed by atoms with Gasteiger partial charge in [-0.1, -0.05) is 78.9 Å². The highest BCUT2D eigenvalue weighted by Crippen LogP contribution is 2.44. The maximum absolute atomic E-state index is 12.2. The lowest BCUT2D eigenvalue weighted by Gasteiger charge is -2.14. The molecule has 0 unspecified atom stereocenters. The van der Waals surface area contributed by atoms with Crippen molar-refractivity contribution < 1.29 is 9.53 Å². The number of rotatable bonds is 5. The molecule has 0 atom stereocenters. The molecule has 1 aliphatic rings. The van der Waals surface area contributed by atoms with Crippen LogP contribution in [0.3, 0.4) is 0 Å². The molecule has 0 saturated heterocycles. The molecular weight excluding hydrogens is 358 g/mol. The predicted molar refractivity (Wildman–Crippen MR) is 118 cm³/mol. The first kappa shape index (κ1) is 19.0. The van der Waals surface area contributed by atoms with E-state index in [1.54, 1.807) is 0 Å². The van der Waals surface area contributed by atoms with Crippen LogP contribution in [0.2, 0.25) is 0 Å². The second kappa shape index (κ2) is 8.36. The molecule has 4 rings (SSSR count). The summed E-state index contributed by atoms with van der Waals surface area (Å²) in [5.41, 5.74) is 8.54. The quantitative estimate of drug-likeness (QED) is 0.600. The van der Waals surface area contributed by atoms with Gasteiger partial charge >= 0.3 is 6.09 Å². The molecule has 29 heavy (non-hydrogen) atoms. The van der Waals surface area contributed by atoms with Gasteiger partial charge in [0.25, 0.3) is 0 Å². The molecule has 0 heterocycles. The van der Waals surface area contributed by atoms with Crippen LogP contribution in [0.4, 0.5) is 4.79 Å². The smallest absolute Gasteiger partial charge is 0.407 e. The van der Waals surface area contributed by atoms with Crippen molar-refractivity contribution in [3.05, 3.63) is 101 Å². The highest BCUT2D eigenvalue weighted by molar-refractivity contribution is 5.79. The number of carbonyl (C=O) groups excluding carboxylic acids is 1. The Labute approximate surface area is 172 Å². The third-order valence-electron chi connectivity index (χ3n) is 5.53. The minimum Gasteiger partial charge on any atom is -0.449 e. The van der Waals surface area contributed by atoms with Crippen molar-refractivity contribution in [3.8, 4) is 11.1 Å². The summed E-state index contributed by atoms with van der Waals surface area (Å²) in [4.78, 5) is 12.2. The molecule has 0 spiro atoms. The molecule has 0 radical (unpaired) electrons. The van der Waals surface area contributed by atoms with Crippen LogP contribution >= 0.6 is 0 Å². The van der Waals surface area contributed by atoms with E-state index in [2.05, 4.69) is 67.7 Å². The zero-order chi connectivity index (χ0) is 20.2. The molecule has 1 N–H and O–H groups in total. The summed E-state index contributed by atoms with van der Waals surface area (Å²) >= 11 is 0. The number of hydrogen-bond acceptors (Lipinski definition) is 2. The molecule has 1 aliphatic carbocycles. The molecule has 3 aromatic rings. The number of fused-ring (bicyclic) bond motifs is 3. The largest absolute Gasteiger partial charge is 0.449 e. The fraction of sp³-hybridized carbons (Fsp3) is 0.192. The maximum atomic E-state index is 12.2. The third kappa shape index (κ3) is 3.95. The van der Waals surface area contributed by atoms with Crippen LogP contribution in [-0.4, -0.2) is 19.2 Å². The van der Waals surface area contributed by atoms with Crippen molar-refractivity contribution in [1.82, 2.24) is 5.32 Å². The summed E-state index contributed by atoms with van der Waals surface area (Å²) in [5, 5.41) is 2.82. The van der Waals surface area contributed by atoms with Gasteiger partial charge in [0.05, 0.1) is 0 Å². The second-order valence-corrected chi connectivity index (χ2v) is 7.41. The van der Waals surface area contributed by atoms with Crippen LogP contribution in [0.15, 0.2) is 72.8 Å². The van der Waals surface area contributed by atoms with Gasteiger partial charge in [0.1, 0.15) is 6.61 Å². The van der Waals surface area contributed by atoms with E-state index in [9.17, 15) is 4.79 Å². The standard InChI is InChI=1S/C26H25NO2/c1-18-9-7-10-19(2)20(18)15-8-16-27-26(28)29-17-25-23-13-5-3-11-21(23)22-12-4-6-14-24(22)25/h3-15,25H,16-17H2,1-2H3,(H,27,28). The van der Waals surface area contributed by atoms with Gasteiger partial charge in [-0.2, -0.15) is 0 Å². The Bertz CT molecular complexity index is 1000. The van der Waals surface area contributed by atoms with Crippen LogP contribution in [0.1, 0.15) is 33.7 Å². The van der Waals surface area contributed by atoms with Gasteiger partial charge in [-0.05, 0) is 52.8 Å². The molecule has 3 heteroatoms. The Morgan fingerprint density at radius 2 is 1.48 bits per heavy atom. The monoisotopic (exact) mass is 383 g/mol. The van der Waals surface area contributed by atoms with Crippen LogP contribution in [0.5, 0.6) is 0 Å². The fourth-order valence-electron chi connectivity index (χ4n) is 4.06. The summed E-state index contributed by atoms with van der Waals surface area (Å²) in [7, 11) is 0. The number of carbonyl (C=O) groups is 1. The Hall–Kier alpha value is -3.33. The van der Waals surface area contributed by atoms with Gasteiger partial charge in [0, 0.05) is 12.5 Å². The van der Waals surface area contributed by atoms with Crippen molar-refractivity contribution in [3.63, 3.8) is 0 Å². The fourth-order valence-corrected chi connectivity index (χ4v) is 4.06. The van der Waals surface area contributed by atoms with Crippen LogP contribution < -0.4 is 5.32 Å². The topological polar surface area (TPSA) is 38.3 Å². The van der Waals surface area contributed by atoms with E-state index in [0.29, 0.717) is 13.2 Å². The Morgan fingerprint density at radius 3 is 2.10 bits per heavy atom. The zero-order valence-corrected chi connectivity index (χ0v) is 16.8. The first-order valence-electron chi connectivity index (χ1n) is 9.97. The molecule has 3 aromatic carbocycles. The van der Waals surface area contributed by atoms with Crippen molar-refractivity contribution in [1.29, 1.82) is 0 Å². The minimum absolute atomic E-state index is 0.0818. The molecule has 0 fully saturated rings. The molecule has 0 saturated carbocycles. The van der Waals surface area contributed by atoms with E-state index < -0.39 is 6.09 Å². The molecule has 0 bridgehead atoms. The highest BCUT2D eigenvalue weighted by Gasteiger charge is 2.28. The normalized spacial score (nSPS) is 12.6. The van der Waals surface area contributed by atoms with Gasteiger partial charge in [0.2, 0.25) is 0 Å². The number of aryl methyl sites for hydroxylation is 2. The summed E-state index contributed by atoms with van der Waals surface area (Å²) in [6.45, 7) is 4.95. The number of benzene rings is 3. The van der Waals surface area contributed by atoms with E-state index in [0.717, 1.165) is 0 Å². The number of amides is 1. The highest BCUT2D eigenvalue weighted by atomic mass is 16.5. The SMILES string of the molecule is Cc1cccc(C)c1C=CCNC(=O)OCC1c2ccccc2-c2ccccc21. The first-order chi connectivity index (χ1) is 14.1. The van der Waals surface area contributed by atoms with Gasteiger partial charge < -0.3 is 10.1 Å². The van der Waals surface area contributed by atoms with Crippen LogP contribution in [0.25, 0.3) is 17.2 Å². The van der Waals surface area contributed by atoms with Crippen LogP contribution in [-0.2, 0) is 4.74 Å². The first-order valence-corrected chi connectivity index (χ1v) is 9.97. The lowest BCUT2D eigenvalue weighted by Crippen LogP contribution is -2.26. The maximum Gasteiger partial charge on any atom is 0.407 e. The van der Waals surface area contributed by atoms with E-state index >= 15 is 0 Å². The molecule has 1 amide bonds. The average molecular weight is 383 g/mol. The number of hydrogen-bond donors (Lipinski definition) is 1. The zero-order valence-electron chi connectivity index (χ0n) is 16.8. The summed E-state index contributed by atoms with van der Waals surface area (Å²) in [6, 6.07) is 22.9. The molecular formula is C26H25NO2. The number of ether oxygens (including phenoxy) is 1. The lowest BCUT2D eigenvalue weighted by molar-refractivity contribution is 0.144. The molecule has 0 aromatic heterocycles. The Kier molecular flexibility index (Phi) is 5.48. The number of alkyl carbamates (subject to hydrolysis) is 1. The van der Waals surface area contributed by atoms with E-state index in [4.69, 9.17) is 4.74 Å². The Morgan fingerprint density at radius 1 is 0.897 bits per heavy atom. The average Bonchev–Trinajstić information content (AvgIpc) is 3.05. The van der Waals surface area contributed by atoms with Gasteiger partial charge in [-0.3, -0.25) is 0 Å². The molecule has 146 valence electrons. The summed E-state index contributed by atoms with van der Waals surface area (Å²) in [6.07, 6.45) is 3.61. The van der Waals surface area contributed by atoms with Gasteiger partial charge in [0.15, 0.2) is 0 Å². The van der Waals surface area contributed by atoms with Gasteiger partial charge in [-0.15, -0.1) is 0 Å². The van der Waals surface area contributed by atoms with Crippen molar-refractivity contribution in [2.75, 3.05) is 13.2 Å². The molecule has 3 nitrogen and oxygen atoms in total. The minimum atomic E-state index is -0.391. The van der Waals surface area contributed by atoms with Gasteiger partial charge in [-0.25, -0.2) is 4.79 Å². The van der Waals surface area contributed by atoms with Crippen molar-refractivity contribution in [2.24, 2.45) is 0 Å². The lowest BCUT2D eigenvalue weighted by atomic mass is 9.98. The summed E-state index contributed by atoms with van der Waals surface area (Å²) < 4.78 is 5.56. The predicted octanol–water partition coefficient (Wildman–Crippen LogP) is 5.86. The number of nitrogens with one attached hydrogen (secondary N) is 1. The second-order valence-electron chi connectivity index (χ2n) is 7.41. The van der Waals surface area contributed by atoms with Crippen LogP contribution in [0, 0.1) is 13.8 Å². The van der Waals surface area contributed by atoms with Crippen molar-refractivity contribution in [2.45, 2.75) is 19.8 Å². The van der Waals surface area contributed by atoms with Crippen molar-refractivity contribution >= 4 is 12.2 Å². The Balaban J connectivity index is 1.35.